The number of nitrogens with one attached hydrogen (secondary N) is 1. The van der Waals surface area contributed by atoms with Crippen molar-refractivity contribution in [3.05, 3.63) is 0 Å². The SMILES string of the molecule is CCC1CCCC(CN)(NN2CCN(C)CC2)CC1. The lowest BCUT2D eigenvalue weighted by molar-refractivity contribution is 0.0480. The molecule has 112 valence electrons. The van der Waals surface area contributed by atoms with E-state index in [0.717, 1.165) is 38.6 Å². The molecule has 19 heavy (non-hydrogen) atoms. The van der Waals surface area contributed by atoms with Gasteiger partial charge in [-0.2, -0.15) is 0 Å². The van der Waals surface area contributed by atoms with Crippen LogP contribution in [0.2, 0.25) is 0 Å². The third-order valence-electron chi connectivity index (χ3n) is 5.17. The molecule has 4 nitrogen and oxygen atoms in total. The van der Waals surface area contributed by atoms with Crippen LogP contribution in [0.4, 0.5) is 0 Å². The Morgan fingerprint density at radius 3 is 2.53 bits per heavy atom. The Hall–Kier alpha value is -0.160. The minimum absolute atomic E-state index is 0.166. The second kappa shape index (κ2) is 7.02. The van der Waals surface area contributed by atoms with E-state index < -0.39 is 0 Å². The van der Waals surface area contributed by atoms with Crippen molar-refractivity contribution >= 4 is 0 Å². The van der Waals surface area contributed by atoms with E-state index in [2.05, 4.69) is 29.3 Å². The maximum atomic E-state index is 6.14. The minimum Gasteiger partial charge on any atom is -0.329 e. The fourth-order valence-corrected chi connectivity index (χ4v) is 3.50. The van der Waals surface area contributed by atoms with Crippen LogP contribution in [0.15, 0.2) is 0 Å². The predicted octanol–water partition coefficient (Wildman–Crippen LogP) is 1.43. The van der Waals surface area contributed by atoms with Crippen molar-refractivity contribution in [3.63, 3.8) is 0 Å². The first-order valence-electron chi connectivity index (χ1n) is 8.09. The van der Waals surface area contributed by atoms with Crippen LogP contribution >= 0.6 is 0 Å². The summed E-state index contributed by atoms with van der Waals surface area (Å²) in [4.78, 5) is 2.40. The fourth-order valence-electron chi connectivity index (χ4n) is 3.50. The van der Waals surface area contributed by atoms with Gasteiger partial charge in [-0.1, -0.05) is 26.2 Å². The maximum absolute atomic E-state index is 6.14. The maximum Gasteiger partial charge on any atom is 0.0448 e. The minimum atomic E-state index is 0.166. The lowest BCUT2D eigenvalue weighted by Gasteiger charge is -2.41. The Balaban J connectivity index is 1.90. The van der Waals surface area contributed by atoms with E-state index in [4.69, 9.17) is 5.73 Å². The van der Waals surface area contributed by atoms with Crippen LogP contribution in [0.5, 0.6) is 0 Å². The summed E-state index contributed by atoms with van der Waals surface area (Å²) in [5.41, 5.74) is 10.1. The summed E-state index contributed by atoms with van der Waals surface area (Å²) >= 11 is 0. The van der Waals surface area contributed by atoms with E-state index in [1.807, 2.05) is 0 Å². The quantitative estimate of drug-likeness (QED) is 0.757. The molecular formula is C15H32N4. The highest BCUT2D eigenvalue weighted by Crippen LogP contribution is 2.31. The van der Waals surface area contributed by atoms with E-state index in [-0.39, 0.29) is 5.54 Å². The summed E-state index contributed by atoms with van der Waals surface area (Å²) in [7, 11) is 2.20. The molecule has 1 aliphatic heterocycles. The molecule has 3 N–H and O–H groups in total. The standard InChI is InChI=1S/C15H32N4/c1-3-14-5-4-7-15(13-16,8-6-14)17-19-11-9-18(2)10-12-19/h14,17H,3-13,16H2,1-2H3. The topological polar surface area (TPSA) is 44.5 Å². The lowest BCUT2D eigenvalue weighted by atomic mass is 9.90. The highest BCUT2D eigenvalue weighted by Gasteiger charge is 2.33. The lowest BCUT2D eigenvalue weighted by Crippen LogP contribution is -2.61. The van der Waals surface area contributed by atoms with Crippen LogP contribution in [-0.2, 0) is 0 Å². The monoisotopic (exact) mass is 268 g/mol. The van der Waals surface area contributed by atoms with Gasteiger partial charge in [-0.25, -0.2) is 10.4 Å². The molecule has 0 aromatic heterocycles. The molecule has 2 fully saturated rings. The van der Waals surface area contributed by atoms with Gasteiger partial charge in [-0.3, -0.25) is 0 Å². The number of hydrazine groups is 1. The van der Waals surface area contributed by atoms with Gasteiger partial charge in [0, 0.05) is 38.3 Å². The molecule has 2 rings (SSSR count). The largest absolute Gasteiger partial charge is 0.329 e. The Morgan fingerprint density at radius 2 is 1.89 bits per heavy atom. The number of nitrogens with zero attached hydrogens (tertiary/aromatic N) is 2. The molecular weight excluding hydrogens is 236 g/mol. The summed E-state index contributed by atoms with van der Waals surface area (Å²) in [5, 5.41) is 2.42. The first-order chi connectivity index (χ1) is 9.17. The number of piperazine rings is 1. The molecule has 1 saturated heterocycles. The fraction of sp³-hybridized carbons (Fsp3) is 1.00. The molecule has 2 aliphatic rings. The average Bonchev–Trinajstić information content (AvgIpc) is 2.64. The van der Waals surface area contributed by atoms with Crippen molar-refractivity contribution in [2.75, 3.05) is 39.8 Å². The van der Waals surface area contributed by atoms with Crippen LogP contribution in [0.3, 0.4) is 0 Å². The molecule has 0 amide bonds. The first kappa shape index (κ1) is 15.2. The third kappa shape index (κ3) is 4.15. The van der Waals surface area contributed by atoms with Crippen LogP contribution in [0, 0.1) is 5.92 Å². The Kier molecular flexibility index (Phi) is 5.63. The summed E-state index contributed by atoms with van der Waals surface area (Å²) in [6.07, 6.45) is 7.88. The smallest absolute Gasteiger partial charge is 0.0448 e. The van der Waals surface area contributed by atoms with Crippen LogP contribution in [-0.4, -0.2) is 55.2 Å². The molecule has 0 aromatic carbocycles. The molecule has 0 bridgehead atoms. The van der Waals surface area contributed by atoms with Crippen molar-refractivity contribution in [3.8, 4) is 0 Å². The van der Waals surface area contributed by atoms with Gasteiger partial charge in [-0.15, -0.1) is 0 Å². The Bertz CT molecular complexity index is 263. The molecule has 1 aliphatic carbocycles. The van der Waals surface area contributed by atoms with Gasteiger partial charge in [0.05, 0.1) is 0 Å². The molecule has 1 heterocycles. The van der Waals surface area contributed by atoms with Gasteiger partial charge in [0.15, 0.2) is 0 Å². The zero-order valence-corrected chi connectivity index (χ0v) is 12.8. The van der Waals surface area contributed by atoms with Gasteiger partial charge in [-0.05, 0) is 32.2 Å². The normalized spacial score (nSPS) is 35.2. The molecule has 4 heteroatoms. The summed E-state index contributed by atoms with van der Waals surface area (Å²) in [6, 6.07) is 0. The molecule has 2 unspecified atom stereocenters. The number of likely N-dealkylation sites (N-methyl/N-ethyl adjacent to an activating group) is 1. The second-order valence-corrected chi connectivity index (χ2v) is 6.59. The van der Waals surface area contributed by atoms with Gasteiger partial charge >= 0.3 is 0 Å². The van der Waals surface area contributed by atoms with Crippen molar-refractivity contribution in [2.45, 2.75) is 51.0 Å². The Morgan fingerprint density at radius 1 is 1.16 bits per heavy atom. The molecule has 2 atom stereocenters. The van der Waals surface area contributed by atoms with Crippen LogP contribution in [0.25, 0.3) is 0 Å². The van der Waals surface area contributed by atoms with Crippen molar-refractivity contribution in [1.29, 1.82) is 0 Å². The van der Waals surface area contributed by atoms with Gasteiger partial charge in [0.25, 0.3) is 0 Å². The highest BCUT2D eigenvalue weighted by atomic mass is 15.5. The van der Waals surface area contributed by atoms with Crippen molar-refractivity contribution in [1.82, 2.24) is 15.3 Å². The number of rotatable bonds is 4. The van der Waals surface area contributed by atoms with Crippen LogP contribution < -0.4 is 11.2 Å². The van der Waals surface area contributed by atoms with E-state index >= 15 is 0 Å². The van der Waals surface area contributed by atoms with Crippen molar-refractivity contribution < 1.29 is 0 Å². The number of hydrogen-bond donors (Lipinski definition) is 2. The van der Waals surface area contributed by atoms with E-state index in [1.165, 1.54) is 38.5 Å². The van der Waals surface area contributed by atoms with Gasteiger partial charge < -0.3 is 10.6 Å². The zero-order valence-electron chi connectivity index (χ0n) is 12.8. The molecule has 1 saturated carbocycles. The van der Waals surface area contributed by atoms with Gasteiger partial charge in [0.2, 0.25) is 0 Å². The molecule has 0 spiro atoms. The average molecular weight is 268 g/mol. The number of hydrogen-bond acceptors (Lipinski definition) is 4. The highest BCUT2D eigenvalue weighted by molar-refractivity contribution is 4.91. The van der Waals surface area contributed by atoms with E-state index in [1.54, 1.807) is 0 Å². The zero-order chi connectivity index (χ0) is 13.7. The van der Waals surface area contributed by atoms with Gasteiger partial charge in [0.1, 0.15) is 0 Å². The van der Waals surface area contributed by atoms with Crippen LogP contribution in [0.1, 0.15) is 45.4 Å². The van der Waals surface area contributed by atoms with E-state index in [0.29, 0.717) is 0 Å². The summed E-state index contributed by atoms with van der Waals surface area (Å²) in [5.74, 6) is 0.919. The second-order valence-electron chi connectivity index (χ2n) is 6.59. The first-order valence-corrected chi connectivity index (χ1v) is 8.09. The third-order valence-corrected chi connectivity index (χ3v) is 5.17. The summed E-state index contributed by atoms with van der Waals surface area (Å²) in [6.45, 7) is 7.66. The molecule has 0 radical (unpaired) electrons. The van der Waals surface area contributed by atoms with E-state index in [9.17, 15) is 0 Å². The Labute approximate surface area is 118 Å². The predicted molar refractivity (Wildman–Crippen MR) is 80.9 cm³/mol. The summed E-state index contributed by atoms with van der Waals surface area (Å²) < 4.78 is 0. The van der Waals surface area contributed by atoms with Crippen molar-refractivity contribution in [2.24, 2.45) is 11.7 Å². The molecule has 0 aromatic rings. The number of nitrogens with two attached hydrogens (primary N) is 1.